The Labute approximate surface area is 214 Å². The van der Waals surface area contributed by atoms with Crippen LogP contribution in [0.1, 0.15) is 55.5 Å². The van der Waals surface area contributed by atoms with Crippen LogP contribution in [0, 0.1) is 12.7 Å². The van der Waals surface area contributed by atoms with Crippen LogP contribution in [-0.4, -0.2) is 46.9 Å². The van der Waals surface area contributed by atoms with Crippen molar-refractivity contribution in [1.29, 1.82) is 0 Å². The molecule has 5 heterocycles. The van der Waals surface area contributed by atoms with E-state index in [0.29, 0.717) is 29.3 Å². The van der Waals surface area contributed by atoms with Crippen LogP contribution in [0.3, 0.4) is 0 Å². The number of nitrogens with one attached hydrogen (secondary N) is 2. The van der Waals surface area contributed by atoms with Gasteiger partial charge in [-0.3, -0.25) is 18.7 Å². The number of nitrogens with two attached hydrogens (primary N) is 1. The highest BCUT2D eigenvalue weighted by molar-refractivity contribution is 8.04. The fraction of sp³-hybridized carbons (Fsp3) is 0.417. The lowest BCUT2D eigenvalue weighted by molar-refractivity contribution is 0.102. The van der Waals surface area contributed by atoms with Crippen LogP contribution in [0.5, 0.6) is 0 Å². The van der Waals surface area contributed by atoms with E-state index in [4.69, 9.17) is 22.3 Å². The summed E-state index contributed by atoms with van der Waals surface area (Å²) >= 11 is 6.08. The number of carbonyl (C=O) groups excluding carboxylic acids is 1. The van der Waals surface area contributed by atoms with E-state index < -0.39 is 37.4 Å². The summed E-state index contributed by atoms with van der Waals surface area (Å²) in [6.07, 6.45) is 3.03. The van der Waals surface area contributed by atoms with Gasteiger partial charge in [-0.05, 0) is 74.9 Å². The maximum absolute atomic E-state index is 15.3. The molecule has 36 heavy (non-hydrogen) atoms. The topological polar surface area (TPSA) is 127 Å². The van der Waals surface area contributed by atoms with Crippen molar-refractivity contribution in [3.63, 3.8) is 0 Å². The molecular formula is C24H29ClFN7O2S. The Kier molecular flexibility index (Phi) is 5.73. The molecule has 12 heteroatoms. The first-order chi connectivity index (χ1) is 16.9. The summed E-state index contributed by atoms with van der Waals surface area (Å²) < 4.78 is 33.6. The SMILES string of the molecule is Cc1c(C(=O)Nc2ccc(F)c([C@@]3(C)N=C(N)C(C)(C)[SH]4(=O)NCCC[C@H]34)n2)nc2ccc(Cl)cn12. The Bertz CT molecular complexity index is 1490. The molecule has 0 unspecified atom stereocenters. The molecule has 192 valence electrons. The lowest BCUT2D eigenvalue weighted by Gasteiger charge is -2.55. The minimum absolute atomic E-state index is 0.00817. The second-order valence-corrected chi connectivity index (χ2v) is 13.8. The number of rotatable bonds is 3. The number of amidine groups is 1. The summed E-state index contributed by atoms with van der Waals surface area (Å²) in [6, 6.07) is 6.01. The first-order valence-electron chi connectivity index (χ1n) is 11.7. The molecule has 5 rings (SSSR count). The van der Waals surface area contributed by atoms with Crippen molar-refractivity contribution in [2.24, 2.45) is 10.7 Å². The van der Waals surface area contributed by atoms with Crippen molar-refractivity contribution in [1.82, 2.24) is 19.1 Å². The minimum atomic E-state index is -3.12. The maximum Gasteiger partial charge on any atom is 0.277 e. The number of hydrogen-bond acceptors (Lipinski definition) is 6. The van der Waals surface area contributed by atoms with Crippen LogP contribution in [0.25, 0.3) is 5.65 Å². The summed E-state index contributed by atoms with van der Waals surface area (Å²) in [5.41, 5.74) is 6.40. The van der Waals surface area contributed by atoms with Gasteiger partial charge in [0.25, 0.3) is 5.91 Å². The molecule has 3 aromatic heterocycles. The summed E-state index contributed by atoms with van der Waals surface area (Å²) in [4.78, 5) is 26.6. The second-order valence-electron chi connectivity index (χ2n) is 10.0. The van der Waals surface area contributed by atoms with Crippen LogP contribution in [0.15, 0.2) is 35.5 Å². The monoisotopic (exact) mass is 533 g/mol. The van der Waals surface area contributed by atoms with Crippen LogP contribution in [-0.2, 0) is 15.7 Å². The largest absolute Gasteiger partial charge is 0.386 e. The quantitative estimate of drug-likeness (QED) is 0.385. The lowest BCUT2D eigenvalue weighted by atomic mass is 9.89. The number of aryl methyl sites for hydroxylation is 1. The predicted molar refractivity (Wildman–Crippen MR) is 141 cm³/mol. The predicted octanol–water partition coefficient (Wildman–Crippen LogP) is 3.13. The van der Waals surface area contributed by atoms with Crippen LogP contribution in [0.2, 0.25) is 5.02 Å². The molecule has 0 aromatic carbocycles. The van der Waals surface area contributed by atoms with Crippen molar-refractivity contribution >= 4 is 44.9 Å². The highest BCUT2D eigenvalue weighted by Gasteiger charge is 2.57. The molecule has 3 aromatic rings. The van der Waals surface area contributed by atoms with E-state index in [9.17, 15) is 9.00 Å². The smallest absolute Gasteiger partial charge is 0.277 e. The van der Waals surface area contributed by atoms with Crippen LogP contribution in [0.4, 0.5) is 10.2 Å². The average molecular weight is 534 g/mol. The van der Waals surface area contributed by atoms with Gasteiger partial charge in [-0.25, -0.2) is 14.4 Å². The van der Waals surface area contributed by atoms with Gasteiger partial charge in [-0.15, -0.1) is 0 Å². The molecule has 0 saturated carbocycles. The van der Waals surface area contributed by atoms with E-state index >= 15 is 4.39 Å². The van der Waals surface area contributed by atoms with Crippen molar-refractivity contribution in [2.75, 3.05) is 11.9 Å². The third-order valence-corrected chi connectivity index (χ3v) is 11.9. The van der Waals surface area contributed by atoms with Crippen molar-refractivity contribution in [3.05, 3.63) is 58.4 Å². The maximum atomic E-state index is 15.3. The van der Waals surface area contributed by atoms with E-state index in [2.05, 4.69) is 20.0 Å². The van der Waals surface area contributed by atoms with Crippen LogP contribution >= 0.6 is 11.6 Å². The Balaban J connectivity index is 1.54. The molecule has 2 aliphatic heterocycles. The highest BCUT2D eigenvalue weighted by Crippen LogP contribution is 2.48. The standard InChI is InChI=1S/C24H29ClFN7O2S/c1-13-19(31-18-10-7-14(25)12-33(13)18)21(34)30-17-9-8-15(26)20(29-17)24(4)16-6-5-11-28-36(16,35)23(2,3)22(27)32-24/h7-10,12,16,36H,5-6,11H2,1-4H3,(H2,27,32)(H,28,35)(H,29,30,34)/t16-,24+/m1/s1. The molecule has 0 bridgehead atoms. The third kappa shape index (κ3) is 3.55. The Morgan fingerprint density at radius 1 is 1.28 bits per heavy atom. The number of fused-ring (bicyclic) bond motifs is 2. The van der Waals surface area contributed by atoms with E-state index in [1.165, 1.54) is 12.1 Å². The number of pyridine rings is 2. The molecule has 2 aliphatic rings. The van der Waals surface area contributed by atoms with Gasteiger partial charge >= 0.3 is 0 Å². The second kappa shape index (κ2) is 8.32. The molecular weight excluding hydrogens is 505 g/mol. The zero-order chi connectivity index (χ0) is 26.0. The number of hydrogen-bond donors (Lipinski definition) is 4. The normalized spacial score (nSPS) is 25.6. The van der Waals surface area contributed by atoms with Crippen molar-refractivity contribution in [3.8, 4) is 0 Å². The number of amides is 1. The number of aliphatic imine (C=N–C) groups is 1. The molecule has 0 aliphatic carbocycles. The molecule has 1 amide bonds. The number of carbonyl (C=O) groups is 1. The number of nitrogens with zero attached hydrogens (tertiary/aromatic N) is 4. The van der Waals surface area contributed by atoms with E-state index in [1.807, 2.05) is 13.8 Å². The number of imidazole rings is 1. The van der Waals surface area contributed by atoms with Gasteiger partial charge in [0.05, 0.1) is 20.7 Å². The van der Waals surface area contributed by atoms with E-state index in [0.717, 1.165) is 6.42 Å². The van der Waals surface area contributed by atoms with Crippen molar-refractivity contribution in [2.45, 2.75) is 56.1 Å². The first-order valence-corrected chi connectivity index (χ1v) is 13.9. The third-order valence-electron chi connectivity index (χ3n) is 7.50. The number of halogens is 2. The van der Waals surface area contributed by atoms with Gasteiger partial charge in [-0.1, -0.05) is 11.6 Å². The van der Waals surface area contributed by atoms with Gasteiger partial charge in [0, 0.05) is 12.7 Å². The fourth-order valence-corrected chi connectivity index (χ4v) is 9.16. The fourth-order valence-electron chi connectivity index (χ4n) is 5.29. The average Bonchev–Trinajstić information content (AvgIpc) is 3.15. The zero-order valence-electron chi connectivity index (χ0n) is 20.5. The Hall–Kier alpha value is -2.89. The molecule has 2 atom stereocenters. The molecule has 1 fully saturated rings. The summed E-state index contributed by atoms with van der Waals surface area (Å²) in [5.74, 6) is -0.791. The Morgan fingerprint density at radius 2 is 2.03 bits per heavy atom. The number of aromatic nitrogens is 3. The highest BCUT2D eigenvalue weighted by atomic mass is 35.5. The van der Waals surface area contributed by atoms with Crippen molar-refractivity contribution < 1.29 is 13.4 Å². The minimum Gasteiger partial charge on any atom is -0.386 e. The Morgan fingerprint density at radius 3 is 2.78 bits per heavy atom. The molecule has 0 spiro atoms. The van der Waals surface area contributed by atoms with Gasteiger partial charge in [0.15, 0.2) is 5.69 Å². The first kappa shape index (κ1) is 24.8. The molecule has 4 N–H and O–H groups in total. The van der Waals surface area contributed by atoms with Gasteiger partial charge < -0.3 is 15.5 Å². The van der Waals surface area contributed by atoms with Gasteiger partial charge in [0.2, 0.25) is 0 Å². The van der Waals surface area contributed by atoms with Gasteiger partial charge in [0.1, 0.15) is 34.4 Å². The summed E-state index contributed by atoms with van der Waals surface area (Å²) in [7, 11) is -3.12. The lowest BCUT2D eigenvalue weighted by Crippen LogP contribution is -2.69. The zero-order valence-corrected chi connectivity index (χ0v) is 22.1. The van der Waals surface area contributed by atoms with Gasteiger partial charge in [-0.2, -0.15) is 0 Å². The van der Waals surface area contributed by atoms with E-state index in [1.54, 1.807) is 36.6 Å². The summed E-state index contributed by atoms with van der Waals surface area (Å²) in [6.45, 7) is 7.68. The van der Waals surface area contributed by atoms with E-state index in [-0.39, 0.29) is 23.0 Å². The molecule has 0 radical (unpaired) electrons. The number of thiol groups is 1. The number of anilines is 1. The molecule has 1 saturated heterocycles. The summed E-state index contributed by atoms with van der Waals surface area (Å²) in [5, 5.41) is 2.73. The molecule has 9 nitrogen and oxygen atoms in total. The van der Waals surface area contributed by atoms with Crippen LogP contribution < -0.4 is 15.8 Å².